The van der Waals surface area contributed by atoms with Gasteiger partial charge in [-0.1, -0.05) is 19.9 Å². The zero-order valence-corrected chi connectivity index (χ0v) is 11.6. The number of ether oxygens (including phenoxy) is 2. The Morgan fingerprint density at radius 2 is 1.85 bits per heavy atom. The Hall–Kier alpha value is -1.94. The number of hydrogen-bond donors (Lipinski definition) is 1. The van der Waals surface area contributed by atoms with Gasteiger partial charge in [-0.3, -0.25) is 0 Å². The van der Waals surface area contributed by atoms with Gasteiger partial charge < -0.3 is 19.0 Å². The molecule has 0 amide bonds. The maximum absolute atomic E-state index is 10.3. The largest absolute Gasteiger partial charge is 0.489 e. The molecule has 0 unspecified atom stereocenters. The highest BCUT2D eigenvalue weighted by Crippen LogP contribution is 2.36. The Bertz CT molecular complexity index is 587. The zero-order chi connectivity index (χ0) is 14.2. The molecule has 20 heavy (non-hydrogen) atoms. The van der Waals surface area contributed by atoms with Crippen molar-refractivity contribution in [1.82, 2.24) is 0 Å². The first-order chi connectivity index (χ1) is 9.55. The Morgan fingerprint density at radius 3 is 2.55 bits per heavy atom. The summed E-state index contributed by atoms with van der Waals surface area (Å²) in [4.78, 5) is 0. The Kier molecular flexibility index (Phi) is 3.18. The lowest BCUT2D eigenvalue weighted by atomic mass is 9.97. The van der Waals surface area contributed by atoms with Crippen molar-refractivity contribution < 1.29 is 19.0 Å². The zero-order valence-electron chi connectivity index (χ0n) is 11.6. The van der Waals surface area contributed by atoms with Gasteiger partial charge in [0.05, 0.1) is 19.5 Å². The van der Waals surface area contributed by atoms with Crippen LogP contribution >= 0.6 is 0 Å². The molecule has 0 saturated heterocycles. The van der Waals surface area contributed by atoms with E-state index in [0.29, 0.717) is 30.5 Å². The predicted octanol–water partition coefficient (Wildman–Crippen LogP) is 3.16. The fourth-order valence-corrected chi connectivity index (χ4v) is 2.13. The van der Waals surface area contributed by atoms with Crippen LogP contribution in [0.3, 0.4) is 0 Å². The van der Waals surface area contributed by atoms with E-state index in [-0.39, 0.29) is 5.41 Å². The lowest BCUT2D eigenvalue weighted by Crippen LogP contribution is -2.26. The van der Waals surface area contributed by atoms with E-state index in [1.807, 2.05) is 18.2 Å². The molecule has 1 aliphatic rings. The predicted molar refractivity (Wildman–Crippen MR) is 74.0 cm³/mol. The SMILES string of the molecule is CC1(C)COc2ccc([C@H](O)c3ccco3)cc2OC1. The number of rotatable bonds is 2. The lowest BCUT2D eigenvalue weighted by molar-refractivity contribution is 0.140. The van der Waals surface area contributed by atoms with Crippen molar-refractivity contribution in [1.29, 1.82) is 0 Å². The first-order valence-electron chi connectivity index (χ1n) is 6.66. The van der Waals surface area contributed by atoms with Gasteiger partial charge in [0, 0.05) is 5.41 Å². The molecule has 0 aliphatic carbocycles. The number of hydrogen-bond acceptors (Lipinski definition) is 4. The van der Waals surface area contributed by atoms with Crippen molar-refractivity contribution >= 4 is 0 Å². The molecular weight excluding hydrogens is 256 g/mol. The Labute approximate surface area is 117 Å². The van der Waals surface area contributed by atoms with Crippen LogP contribution < -0.4 is 9.47 Å². The van der Waals surface area contributed by atoms with Crippen LogP contribution in [0.5, 0.6) is 11.5 Å². The molecule has 0 saturated carbocycles. The highest BCUT2D eigenvalue weighted by Gasteiger charge is 2.26. The van der Waals surface area contributed by atoms with E-state index in [9.17, 15) is 5.11 Å². The van der Waals surface area contributed by atoms with Crippen LogP contribution in [0.1, 0.15) is 31.3 Å². The molecule has 2 aromatic rings. The molecule has 4 heteroatoms. The average molecular weight is 274 g/mol. The van der Waals surface area contributed by atoms with Crippen molar-refractivity contribution in [2.24, 2.45) is 5.41 Å². The third-order valence-electron chi connectivity index (χ3n) is 3.33. The van der Waals surface area contributed by atoms with Crippen LogP contribution in [-0.4, -0.2) is 18.3 Å². The topological polar surface area (TPSA) is 51.8 Å². The summed E-state index contributed by atoms with van der Waals surface area (Å²) in [6.07, 6.45) is 0.750. The smallest absolute Gasteiger partial charge is 0.161 e. The standard InChI is InChI=1S/C16H18O4/c1-16(2)9-19-12-6-5-11(8-14(12)20-10-16)15(17)13-4-3-7-18-13/h3-8,15,17H,9-10H2,1-2H3/t15-/m0/s1. The Morgan fingerprint density at radius 1 is 1.10 bits per heavy atom. The molecule has 106 valence electrons. The summed E-state index contributed by atoms with van der Waals surface area (Å²) in [5, 5.41) is 10.3. The van der Waals surface area contributed by atoms with E-state index < -0.39 is 6.10 Å². The Balaban J connectivity index is 1.89. The first kappa shape index (κ1) is 13.1. The minimum atomic E-state index is -0.796. The van der Waals surface area contributed by atoms with Crippen LogP contribution in [0.15, 0.2) is 41.0 Å². The summed E-state index contributed by atoms with van der Waals surface area (Å²) in [5.74, 6) is 1.89. The van der Waals surface area contributed by atoms with Crippen LogP contribution in [0, 0.1) is 5.41 Å². The molecule has 0 bridgehead atoms. The van der Waals surface area contributed by atoms with E-state index >= 15 is 0 Å². The number of benzene rings is 1. The second-order valence-corrected chi connectivity index (χ2v) is 5.87. The fraction of sp³-hybridized carbons (Fsp3) is 0.375. The quantitative estimate of drug-likeness (QED) is 0.914. The molecule has 1 aliphatic heterocycles. The molecule has 1 atom stereocenters. The van der Waals surface area contributed by atoms with Gasteiger partial charge >= 0.3 is 0 Å². The minimum Gasteiger partial charge on any atom is -0.489 e. The van der Waals surface area contributed by atoms with Crippen LogP contribution in [0.4, 0.5) is 0 Å². The molecule has 0 radical (unpaired) electrons. The van der Waals surface area contributed by atoms with Crippen molar-refractivity contribution in [3.8, 4) is 11.5 Å². The molecule has 0 fully saturated rings. The normalized spacial score (nSPS) is 18.4. The van der Waals surface area contributed by atoms with Gasteiger partial charge in [0.2, 0.25) is 0 Å². The average Bonchev–Trinajstić information content (AvgIpc) is 2.92. The van der Waals surface area contributed by atoms with Gasteiger partial charge in [-0.05, 0) is 29.8 Å². The molecule has 3 rings (SSSR count). The van der Waals surface area contributed by atoms with Crippen molar-refractivity contribution in [3.05, 3.63) is 47.9 Å². The maximum atomic E-state index is 10.3. The monoisotopic (exact) mass is 274 g/mol. The molecule has 1 N–H and O–H groups in total. The first-order valence-corrected chi connectivity index (χ1v) is 6.66. The summed E-state index contributed by atoms with van der Waals surface area (Å²) in [6, 6.07) is 8.97. The summed E-state index contributed by atoms with van der Waals surface area (Å²) < 4.78 is 16.8. The summed E-state index contributed by atoms with van der Waals surface area (Å²) in [7, 11) is 0. The van der Waals surface area contributed by atoms with E-state index in [0.717, 1.165) is 5.56 Å². The van der Waals surface area contributed by atoms with Crippen LogP contribution in [-0.2, 0) is 0 Å². The maximum Gasteiger partial charge on any atom is 0.161 e. The molecule has 1 aromatic carbocycles. The number of fused-ring (bicyclic) bond motifs is 1. The van der Waals surface area contributed by atoms with Gasteiger partial charge in [-0.25, -0.2) is 0 Å². The van der Waals surface area contributed by atoms with Gasteiger partial charge in [-0.15, -0.1) is 0 Å². The third kappa shape index (κ3) is 2.51. The van der Waals surface area contributed by atoms with Gasteiger partial charge in [0.1, 0.15) is 11.9 Å². The number of aliphatic hydroxyl groups is 1. The summed E-state index contributed by atoms with van der Waals surface area (Å²) in [6.45, 7) is 5.38. The van der Waals surface area contributed by atoms with E-state index in [4.69, 9.17) is 13.9 Å². The summed E-state index contributed by atoms with van der Waals surface area (Å²) in [5.41, 5.74) is 0.695. The molecule has 0 spiro atoms. The summed E-state index contributed by atoms with van der Waals surface area (Å²) >= 11 is 0. The van der Waals surface area contributed by atoms with Gasteiger partial charge in [-0.2, -0.15) is 0 Å². The van der Waals surface area contributed by atoms with E-state index in [2.05, 4.69) is 13.8 Å². The van der Waals surface area contributed by atoms with E-state index in [1.54, 1.807) is 18.4 Å². The van der Waals surface area contributed by atoms with Gasteiger partial charge in [0.15, 0.2) is 11.5 Å². The second kappa shape index (κ2) is 4.87. The molecule has 4 nitrogen and oxygen atoms in total. The molecular formula is C16H18O4. The molecule has 2 heterocycles. The minimum absolute atomic E-state index is 0.0290. The highest BCUT2D eigenvalue weighted by atomic mass is 16.5. The van der Waals surface area contributed by atoms with Crippen LogP contribution in [0.25, 0.3) is 0 Å². The van der Waals surface area contributed by atoms with Crippen LogP contribution in [0.2, 0.25) is 0 Å². The number of furan rings is 1. The molecule has 1 aromatic heterocycles. The third-order valence-corrected chi connectivity index (χ3v) is 3.33. The van der Waals surface area contributed by atoms with E-state index in [1.165, 1.54) is 0 Å². The van der Waals surface area contributed by atoms with Crippen molar-refractivity contribution in [2.75, 3.05) is 13.2 Å². The van der Waals surface area contributed by atoms with Crippen molar-refractivity contribution in [3.63, 3.8) is 0 Å². The fourth-order valence-electron chi connectivity index (χ4n) is 2.13. The lowest BCUT2D eigenvalue weighted by Gasteiger charge is -2.19. The van der Waals surface area contributed by atoms with Gasteiger partial charge in [0.25, 0.3) is 0 Å². The van der Waals surface area contributed by atoms with Crippen molar-refractivity contribution in [2.45, 2.75) is 20.0 Å². The highest BCUT2D eigenvalue weighted by molar-refractivity contribution is 5.45. The number of aliphatic hydroxyl groups excluding tert-OH is 1. The second-order valence-electron chi connectivity index (χ2n) is 5.87.